The molecule has 2 aliphatic rings. The van der Waals surface area contributed by atoms with Crippen molar-refractivity contribution in [2.24, 2.45) is 5.73 Å². The van der Waals surface area contributed by atoms with Crippen LogP contribution in [0, 0.1) is 0 Å². The molecule has 1 aliphatic heterocycles. The molecule has 2 N–H and O–H groups in total. The van der Waals surface area contributed by atoms with Crippen molar-refractivity contribution in [2.45, 2.75) is 50.3 Å². The highest BCUT2D eigenvalue weighted by atomic mass is 16.5. The molecule has 1 aliphatic carbocycles. The first-order valence-corrected chi connectivity index (χ1v) is 7.34. The van der Waals surface area contributed by atoms with Crippen LogP contribution in [0.5, 0.6) is 0 Å². The van der Waals surface area contributed by atoms with E-state index >= 15 is 0 Å². The number of hydrogen-bond acceptors (Lipinski definition) is 4. The zero-order chi connectivity index (χ0) is 13.2. The molecule has 18 heavy (non-hydrogen) atoms. The third kappa shape index (κ3) is 2.72. The summed E-state index contributed by atoms with van der Waals surface area (Å²) in [6.45, 7) is 6.05. The van der Waals surface area contributed by atoms with Crippen LogP contribution < -0.4 is 5.73 Å². The summed E-state index contributed by atoms with van der Waals surface area (Å²) in [6.07, 6.45) is 5.30. The largest absolute Gasteiger partial charge is 0.378 e. The molecular weight excluding hydrogens is 226 g/mol. The maximum absolute atomic E-state index is 6.07. The first-order chi connectivity index (χ1) is 8.61. The van der Waals surface area contributed by atoms with E-state index in [0.29, 0.717) is 12.1 Å². The monoisotopic (exact) mass is 255 g/mol. The van der Waals surface area contributed by atoms with Crippen LogP contribution in [0.15, 0.2) is 0 Å². The van der Waals surface area contributed by atoms with Crippen LogP contribution in [0.3, 0.4) is 0 Å². The topological polar surface area (TPSA) is 41.7 Å². The highest BCUT2D eigenvalue weighted by molar-refractivity contribution is 5.06. The maximum atomic E-state index is 6.07. The molecule has 0 spiro atoms. The van der Waals surface area contributed by atoms with Crippen LogP contribution >= 0.6 is 0 Å². The molecule has 2 fully saturated rings. The molecule has 2 rings (SSSR count). The summed E-state index contributed by atoms with van der Waals surface area (Å²) in [5, 5.41) is 0. The predicted octanol–water partition coefficient (Wildman–Crippen LogP) is 0.909. The number of likely N-dealkylation sites (tertiary alicyclic amines) is 1. The summed E-state index contributed by atoms with van der Waals surface area (Å²) >= 11 is 0. The zero-order valence-corrected chi connectivity index (χ0v) is 12.2. The second-order valence-corrected chi connectivity index (χ2v) is 6.12. The molecule has 1 atom stereocenters. The van der Waals surface area contributed by atoms with Crippen LogP contribution in [0.1, 0.15) is 32.6 Å². The number of nitrogens with two attached hydrogens (primary N) is 1. The normalized spacial score (nSPS) is 37.8. The quantitative estimate of drug-likeness (QED) is 0.793. The number of piperidine rings is 1. The summed E-state index contributed by atoms with van der Waals surface area (Å²) in [4.78, 5) is 4.99. The van der Waals surface area contributed by atoms with E-state index in [1.165, 1.54) is 25.9 Å². The van der Waals surface area contributed by atoms with Crippen molar-refractivity contribution in [1.82, 2.24) is 9.80 Å². The predicted molar refractivity (Wildman–Crippen MR) is 74.7 cm³/mol. The third-order valence-electron chi connectivity index (χ3n) is 4.80. The van der Waals surface area contributed by atoms with Crippen LogP contribution in [0.25, 0.3) is 0 Å². The second-order valence-electron chi connectivity index (χ2n) is 6.12. The van der Waals surface area contributed by atoms with Crippen molar-refractivity contribution >= 4 is 0 Å². The summed E-state index contributed by atoms with van der Waals surface area (Å²) in [7, 11) is 4.38. The molecule has 1 saturated heterocycles. The summed E-state index contributed by atoms with van der Waals surface area (Å²) in [6, 6.07) is 0.688. The molecule has 106 valence electrons. The number of hydrogen-bond donors (Lipinski definition) is 1. The highest BCUT2D eigenvalue weighted by Gasteiger charge is 2.49. The van der Waals surface area contributed by atoms with Gasteiger partial charge in [-0.15, -0.1) is 0 Å². The van der Waals surface area contributed by atoms with E-state index < -0.39 is 0 Å². The summed E-state index contributed by atoms with van der Waals surface area (Å²) in [5.41, 5.74) is 6.30. The summed E-state index contributed by atoms with van der Waals surface area (Å²) in [5.74, 6) is 0. The van der Waals surface area contributed by atoms with Crippen molar-refractivity contribution in [1.29, 1.82) is 0 Å². The van der Waals surface area contributed by atoms with Crippen molar-refractivity contribution in [2.75, 3.05) is 40.3 Å². The minimum absolute atomic E-state index is 0.231. The SMILES string of the molecule is CCOC1CC(CN)(N2CCCC(N(C)C)C2)C1. The van der Waals surface area contributed by atoms with Crippen LogP contribution in [-0.4, -0.2) is 67.8 Å². The van der Waals surface area contributed by atoms with Crippen molar-refractivity contribution in [3.05, 3.63) is 0 Å². The molecule has 1 unspecified atom stereocenters. The first kappa shape index (κ1) is 14.3. The van der Waals surface area contributed by atoms with Gasteiger partial charge in [-0.3, -0.25) is 4.90 Å². The first-order valence-electron chi connectivity index (χ1n) is 7.34. The Balaban J connectivity index is 1.93. The molecular formula is C14H29N3O. The van der Waals surface area contributed by atoms with Gasteiger partial charge in [-0.2, -0.15) is 0 Å². The smallest absolute Gasteiger partial charge is 0.0611 e. The van der Waals surface area contributed by atoms with E-state index in [4.69, 9.17) is 10.5 Å². The zero-order valence-electron chi connectivity index (χ0n) is 12.2. The van der Waals surface area contributed by atoms with Gasteiger partial charge in [-0.25, -0.2) is 0 Å². The Kier molecular flexibility index (Phi) is 4.64. The minimum atomic E-state index is 0.231. The van der Waals surface area contributed by atoms with Gasteiger partial charge in [0.05, 0.1) is 6.10 Å². The lowest BCUT2D eigenvalue weighted by Crippen LogP contribution is -2.67. The van der Waals surface area contributed by atoms with E-state index in [9.17, 15) is 0 Å². The summed E-state index contributed by atoms with van der Waals surface area (Å²) < 4.78 is 5.71. The fraction of sp³-hybridized carbons (Fsp3) is 1.00. The Morgan fingerprint density at radius 2 is 2.11 bits per heavy atom. The number of rotatable bonds is 5. The van der Waals surface area contributed by atoms with E-state index in [2.05, 4.69) is 30.8 Å². The number of likely N-dealkylation sites (N-methyl/N-ethyl adjacent to an activating group) is 1. The second kappa shape index (κ2) is 5.87. The average molecular weight is 255 g/mol. The van der Waals surface area contributed by atoms with Crippen LogP contribution in [0.4, 0.5) is 0 Å². The lowest BCUT2D eigenvalue weighted by Gasteiger charge is -2.56. The van der Waals surface area contributed by atoms with Gasteiger partial charge in [0.1, 0.15) is 0 Å². The molecule has 1 saturated carbocycles. The van der Waals surface area contributed by atoms with Gasteiger partial charge in [0, 0.05) is 31.3 Å². The van der Waals surface area contributed by atoms with Gasteiger partial charge < -0.3 is 15.4 Å². The van der Waals surface area contributed by atoms with E-state index in [-0.39, 0.29) is 5.54 Å². The van der Waals surface area contributed by atoms with E-state index in [0.717, 1.165) is 26.0 Å². The van der Waals surface area contributed by atoms with Crippen molar-refractivity contribution < 1.29 is 4.74 Å². The van der Waals surface area contributed by atoms with Crippen molar-refractivity contribution in [3.8, 4) is 0 Å². The molecule has 0 radical (unpaired) electrons. The third-order valence-corrected chi connectivity index (χ3v) is 4.80. The Labute approximate surface area is 111 Å². The number of ether oxygens (including phenoxy) is 1. The molecule has 4 heteroatoms. The molecule has 0 amide bonds. The molecule has 4 nitrogen and oxygen atoms in total. The lowest BCUT2D eigenvalue weighted by molar-refractivity contribution is -0.111. The average Bonchev–Trinajstić information content (AvgIpc) is 2.33. The molecule has 0 bridgehead atoms. The Morgan fingerprint density at radius 3 is 2.67 bits per heavy atom. The van der Waals surface area contributed by atoms with Crippen molar-refractivity contribution in [3.63, 3.8) is 0 Å². The van der Waals surface area contributed by atoms with Gasteiger partial charge in [0.25, 0.3) is 0 Å². The van der Waals surface area contributed by atoms with Gasteiger partial charge in [-0.1, -0.05) is 0 Å². The van der Waals surface area contributed by atoms with Crippen LogP contribution in [-0.2, 0) is 4.74 Å². The van der Waals surface area contributed by atoms with Gasteiger partial charge in [-0.05, 0) is 53.2 Å². The minimum Gasteiger partial charge on any atom is -0.378 e. The lowest BCUT2D eigenvalue weighted by atomic mass is 9.72. The fourth-order valence-electron chi connectivity index (χ4n) is 3.50. The standard InChI is InChI=1S/C14H29N3O/c1-4-18-13-8-14(9-13,11-15)17-7-5-6-12(10-17)16(2)3/h12-13H,4-11,15H2,1-3H3. The Morgan fingerprint density at radius 1 is 1.39 bits per heavy atom. The molecule has 0 aromatic carbocycles. The highest BCUT2D eigenvalue weighted by Crippen LogP contribution is 2.40. The van der Waals surface area contributed by atoms with E-state index in [1.807, 2.05) is 0 Å². The van der Waals surface area contributed by atoms with Gasteiger partial charge in [0.2, 0.25) is 0 Å². The molecule has 0 aromatic rings. The van der Waals surface area contributed by atoms with E-state index in [1.54, 1.807) is 0 Å². The molecule has 1 heterocycles. The Hall–Kier alpha value is -0.160. The Bertz CT molecular complexity index is 264. The van der Waals surface area contributed by atoms with Crippen LogP contribution in [0.2, 0.25) is 0 Å². The maximum Gasteiger partial charge on any atom is 0.0611 e. The number of nitrogens with zero attached hydrogens (tertiary/aromatic N) is 2. The fourth-order valence-corrected chi connectivity index (χ4v) is 3.50. The molecule has 0 aromatic heterocycles. The van der Waals surface area contributed by atoms with Gasteiger partial charge in [0.15, 0.2) is 0 Å². The van der Waals surface area contributed by atoms with Gasteiger partial charge >= 0.3 is 0 Å².